The molecule has 1 aromatic rings. The van der Waals surface area contributed by atoms with Crippen LogP contribution in [0.25, 0.3) is 0 Å². The van der Waals surface area contributed by atoms with Gasteiger partial charge in [0.25, 0.3) is 0 Å². The Bertz CT molecular complexity index is 329. The number of rotatable bonds is 1. The van der Waals surface area contributed by atoms with Crippen LogP contribution in [0.4, 0.5) is 13.2 Å². The fourth-order valence-electron chi connectivity index (χ4n) is 1.13. The monoisotopic (exact) mass is 204 g/mol. The molecule has 0 aromatic heterocycles. The summed E-state index contributed by atoms with van der Waals surface area (Å²) in [6, 6.07) is 3.14. The lowest BCUT2D eigenvalue weighted by atomic mass is 10.0. The molecule has 0 amide bonds. The van der Waals surface area contributed by atoms with E-state index in [1.54, 1.807) is 13.8 Å². The maximum atomic E-state index is 12.3. The molecule has 1 N–H and O–H groups in total. The third-order valence-corrected chi connectivity index (χ3v) is 1.93. The summed E-state index contributed by atoms with van der Waals surface area (Å²) in [4.78, 5) is 0. The van der Waals surface area contributed by atoms with Crippen molar-refractivity contribution in [1.29, 1.82) is 0 Å². The van der Waals surface area contributed by atoms with Crippen molar-refractivity contribution in [3.8, 4) is 5.75 Å². The van der Waals surface area contributed by atoms with E-state index in [1.165, 1.54) is 6.07 Å². The summed E-state index contributed by atoms with van der Waals surface area (Å²) in [7, 11) is 0. The van der Waals surface area contributed by atoms with Crippen LogP contribution < -0.4 is 0 Å². The molecule has 14 heavy (non-hydrogen) atoms. The molecule has 4 heteroatoms. The topological polar surface area (TPSA) is 20.2 Å². The maximum Gasteiger partial charge on any atom is 0.416 e. The second kappa shape index (κ2) is 3.52. The van der Waals surface area contributed by atoms with E-state index in [0.717, 1.165) is 12.1 Å². The van der Waals surface area contributed by atoms with Crippen molar-refractivity contribution in [2.75, 3.05) is 0 Å². The van der Waals surface area contributed by atoms with Crippen LogP contribution in [0.1, 0.15) is 30.9 Å². The number of hydrogen-bond donors (Lipinski definition) is 1. The average molecular weight is 204 g/mol. The molecule has 0 atom stereocenters. The highest BCUT2D eigenvalue weighted by Gasteiger charge is 2.31. The van der Waals surface area contributed by atoms with Gasteiger partial charge in [0.15, 0.2) is 0 Å². The Morgan fingerprint density at radius 2 is 1.71 bits per heavy atom. The first-order valence-electron chi connectivity index (χ1n) is 4.22. The van der Waals surface area contributed by atoms with Crippen molar-refractivity contribution in [3.63, 3.8) is 0 Å². The van der Waals surface area contributed by atoms with Crippen molar-refractivity contribution in [2.45, 2.75) is 25.9 Å². The van der Waals surface area contributed by atoms with Crippen molar-refractivity contribution in [3.05, 3.63) is 29.3 Å². The Kier molecular flexibility index (Phi) is 2.73. The van der Waals surface area contributed by atoms with Crippen LogP contribution in [0.2, 0.25) is 0 Å². The molecule has 0 unspecified atom stereocenters. The zero-order valence-electron chi connectivity index (χ0n) is 7.89. The molecule has 78 valence electrons. The molecule has 0 saturated carbocycles. The Balaban J connectivity index is 3.21. The number of aromatic hydroxyl groups is 1. The highest BCUT2D eigenvalue weighted by molar-refractivity contribution is 5.36. The largest absolute Gasteiger partial charge is 0.508 e. The molecule has 1 rings (SSSR count). The summed E-state index contributed by atoms with van der Waals surface area (Å²) >= 11 is 0. The molecular weight excluding hydrogens is 193 g/mol. The Hall–Kier alpha value is -1.19. The van der Waals surface area contributed by atoms with Gasteiger partial charge in [-0.1, -0.05) is 13.8 Å². The fraction of sp³-hybridized carbons (Fsp3) is 0.400. The van der Waals surface area contributed by atoms with Gasteiger partial charge in [-0.2, -0.15) is 13.2 Å². The van der Waals surface area contributed by atoms with Crippen LogP contribution in [-0.2, 0) is 6.18 Å². The van der Waals surface area contributed by atoms with Crippen LogP contribution in [-0.4, -0.2) is 5.11 Å². The maximum absolute atomic E-state index is 12.3. The fourth-order valence-corrected chi connectivity index (χ4v) is 1.13. The highest BCUT2D eigenvalue weighted by atomic mass is 19.4. The molecule has 0 aliphatic rings. The summed E-state index contributed by atoms with van der Waals surface area (Å²) in [5.41, 5.74) is -0.321. The normalized spacial score (nSPS) is 12.1. The Morgan fingerprint density at radius 1 is 1.14 bits per heavy atom. The lowest BCUT2D eigenvalue weighted by Gasteiger charge is -2.11. The molecule has 0 fully saturated rings. The zero-order valence-corrected chi connectivity index (χ0v) is 7.89. The van der Waals surface area contributed by atoms with Gasteiger partial charge in [0, 0.05) is 0 Å². The van der Waals surface area contributed by atoms with E-state index >= 15 is 0 Å². The second-order valence-corrected chi connectivity index (χ2v) is 3.47. The van der Waals surface area contributed by atoms with E-state index in [1.807, 2.05) is 0 Å². The van der Waals surface area contributed by atoms with Gasteiger partial charge in [-0.05, 0) is 29.7 Å². The summed E-state index contributed by atoms with van der Waals surface area (Å²) in [6.07, 6.45) is -4.40. The number of hydrogen-bond acceptors (Lipinski definition) is 1. The van der Waals surface area contributed by atoms with E-state index in [0.29, 0.717) is 5.56 Å². The average Bonchev–Trinajstić information content (AvgIpc) is 2.01. The third-order valence-electron chi connectivity index (χ3n) is 1.93. The molecule has 0 aliphatic carbocycles. The minimum Gasteiger partial charge on any atom is -0.508 e. The molecule has 0 saturated heterocycles. The Morgan fingerprint density at radius 3 is 2.14 bits per heavy atom. The molecule has 1 nitrogen and oxygen atoms in total. The number of phenolic OH excluding ortho intramolecular Hbond substituents is 1. The smallest absolute Gasteiger partial charge is 0.416 e. The minimum atomic E-state index is -4.40. The van der Waals surface area contributed by atoms with Gasteiger partial charge < -0.3 is 5.11 Å². The number of halogens is 3. The number of benzene rings is 1. The standard InChI is InChI=1S/C10H11F3O/c1-6(2)7-3-8(10(11,12)13)5-9(14)4-7/h3-6,14H,1-2H3. The van der Waals surface area contributed by atoms with E-state index in [4.69, 9.17) is 5.11 Å². The van der Waals surface area contributed by atoms with Crippen molar-refractivity contribution < 1.29 is 18.3 Å². The first-order valence-corrected chi connectivity index (χ1v) is 4.22. The lowest BCUT2D eigenvalue weighted by molar-refractivity contribution is -0.137. The summed E-state index contributed by atoms with van der Waals surface area (Å²) in [5.74, 6) is -0.383. The van der Waals surface area contributed by atoms with Gasteiger partial charge in [-0.25, -0.2) is 0 Å². The predicted octanol–water partition coefficient (Wildman–Crippen LogP) is 3.53. The predicted molar refractivity (Wildman–Crippen MR) is 47.2 cm³/mol. The van der Waals surface area contributed by atoms with Crippen LogP contribution in [0.15, 0.2) is 18.2 Å². The minimum absolute atomic E-state index is 0.0387. The summed E-state index contributed by atoms with van der Waals surface area (Å²) in [5, 5.41) is 9.11. The van der Waals surface area contributed by atoms with Gasteiger partial charge in [0.1, 0.15) is 5.75 Å². The van der Waals surface area contributed by atoms with Crippen LogP contribution in [0, 0.1) is 0 Å². The number of phenols is 1. The summed E-state index contributed by atoms with van der Waals surface area (Å²) in [6.45, 7) is 3.55. The van der Waals surface area contributed by atoms with E-state index in [2.05, 4.69) is 0 Å². The molecular formula is C10H11F3O. The van der Waals surface area contributed by atoms with Crippen molar-refractivity contribution in [1.82, 2.24) is 0 Å². The third kappa shape index (κ3) is 2.40. The first kappa shape index (κ1) is 10.9. The molecule has 0 bridgehead atoms. The Labute approximate surface area is 80.2 Å². The van der Waals surface area contributed by atoms with E-state index < -0.39 is 11.7 Å². The number of alkyl halides is 3. The highest BCUT2D eigenvalue weighted by Crippen LogP contribution is 2.33. The van der Waals surface area contributed by atoms with Crippen LogP contribution in [0.3, 0.4) is 0 Å². The van der Waals surface area contributed by atoms with Gasteiger partial charge >= 0.3 is 6.18 Å². The molecule has 0 aliphatic heterocycles. The van der Waals surface area contributed by atoms with E-state index in [-0.39, 0.29) is 11.7 Å². The zero-order chi connectivity index (χ0) is 10.9. The quantitative estimate of drug-likeness (QED) is 0.741. The van der Waals surface area contributed by atoms with Crippen molar-refractivity contribution >= 4 is 0 Å². The lowest BCUT2D eigenvalue weighted by Crippen LogP contribution is -2.05. The van der Waals surface area contributed by atoms with Crippen LogP contribution in [0.5, 0.6) is 5.75 Å². The molecule has 0 heterocycles. The van der Waals surface area contributed by atoms with Crippen molar-refractivity contribution in [2.24, 2.45) is 0 Å². The van der Waals surface area contributed by atoms with E-state index in [9.17, 15) is 13.2 Å². The first-order chi connectivity index (χ1) is 6.30. The molecule has 0 radical (unpaired) electrons. The van der Waals surface area contributed by atoms with Gasteiger partial charge in [0.05, 0.1) is 5.56 Å². The van der Waals surface area contributed by atoms with Gasteiger partial charge in [-0.15, -0.1) is 0 Å². The second-order valence-electron chi connectivity index (χ2n) is 3.47. The molecule has 0 spiro atoms. The summed E-state index contributed by atoms with van der Waals surface area (Å²) < 4.78 is 36.9. The van der Waals surface area contributed by atoms with Gasteiger partial charge in [-0.3, -0.25) is 0 Å². The molecule has 1 aromatic carbocycles. The van der Waals surface area contributed by atoms with Gasteiger partial charge in [0.2, 0.25) is 0 Å². The van der Waals surface area contributed by atoms with Crippen LogP contribution >= 0.6 is 0 Å². The SMILES string of the molecule is CC(C)c1cc(O)cc(C(F)(F)F)c1.